The Bertz CT molecular complexity index is 955. The minimum absolute atomic E-state index is 0.0419. The first-order valence-electron chi connectivity index (χ1n) is 16.2. The Balaban J connectivity index is 1.22. The molecule has 0 amide bonds. The van der Waals surface area contributed by atoms with E-state index in [-0.39, 0.29) is 5.41 Å². The Labute approximate surface area is 248 Å². The Morgan fingerprint density at radius 3 is 1.36 bits per heavy atom. The smallest absolute Gasteiger partial charge is 0.0409 e. The van der Waals surface area contributed by atoms with Gasteiger partial charge in [-0.2, -0.15) is 0 Å². The van der Waals surface area contributed by atoms with Crippen LogP contribution in [0.3, 0.4) is 0 Å². The van der Waals surface area contributed by atoms with Gasteiger partial charge in [-0.15, -0.1) is 0 Å². The highest BCUT2D eigenvalue weighted by Crippen LogP contribution is 2.55. The van der Waals surface area contributed by atoms with E-state index in [0.29, 0.717) is 0 Å². The number of halogens is 2. The van der Waals surface area contributed by atoms with Crippen molar-refractivity contribution < 1.29 is 0 Å². The van der Waals surface area contributed by atoms with Crippen LogP contribution in [0.1, 0.15) is 114 Å². The molecule has 214 valence electrons. The lowest BCUT2D eigenvalue weighted by molar-refractivity contribution is 0.223. The highest BCUT2D eigenvalue weighted by Gasteiger charge is 2.42. The van der Waals surface area contributed by atoms with Crippen LogP contribution in [0.25, 0.3) is 11.1 Å². The van der Waals surface area contributed by atoms with Gasteiger partial charge in [-0.25, -0.2) is 0 Å². The van der Waals surface area contributed by atoms with Gasteiger partial charge in [-0.05, 0) is 137 Å². The van der Waals surface area contributed by atoms with Crippen molar-refractivity contribution in [3.63, 3.8) is 0 Å². The van der Waals surface area contributed by atoms with Gasteiger partial charge in [0.15, 0.2) is 0 Å². The van der Waals surface area contributed by atoms with Crippen LogP contribution in [-0.2, 0) is 5.41 Å². The minimum Gasteiger partial charge on any atom is -0.303 e. The highest BCUT2D eigenvalue weighted by atomic mass is 35.5. The van der Waals surface area contributed by atoms with Crippen molar-refractivity contribution in [1.29, 1.82) is 0 Å². The van der Waals surface area contributed by atoms with E-state index < -0.39 is 0 Å². The van der Waals surface area contributed by atoms with E-state index in [0.717, 1.165) is 10.0 Å². The van der Waals surface area contributed by atoms with E-state index >= 15 is 0 Å². The number of hydrogen-bond donors (Lipinski definition) is 0. The fraction of sp³-hybridized carbons (Fsp3) is 0.657. The van der Waals surface area contributed by atoms with Gasteiger partial charge in [-0.1, -0.05) is 86.7 Å². The number of piperidine rings is 2. The fourth-order valence-corrected chi connectivity index (χ4v) is 8.05. The molecule has 39 heavy (non-hydrogen) atoms. The van der Waals surface area contributed by atoms with Crippen molar-refractivity contribution in [3.8, 4) is 11.1 Å². The molecule has 3 aliphatic rings. The molecule has 2 aliphatic heterocycles. The van der Waals surface area contributed by atoms with Crippen LogP contribution in [0, 0.1) is 0 Å². The third kappa shape index (κ3) is 7.62. The second-order valence-electron chi connectivity index (χ2n) is 12.6. The second-order valence-corrected chi connectivity index (χ2v) is 13.5. The molecule has 0 spiro atoms. The molecule has 1 aliphatic carbocycles. The number of nitrogens with zero attached hydrogens (tertiary/aromatic N) is 2. The number of likely N-dealkylation sites (tertiary alicyclic amines) is 2. The molecule has 0 unspecified atom stereocenters. The molecular weight excluding hydrogens is 519 g/mol. The van der Waals surface area contributed by atoms with Gasteiger partial charge in [0, 0.05) is 15.5 Å². The van der Waals surface area contributed by atoms with E-state index in [2.05, 4.69) is 46.2 Å². The standard InChI is InChI=1S/C35H50Cl2N2/c36-29-15-17-31-32-18-16-30(37)28-34(32)35(33(31)27-29,19-7-1-3-9-21-38-23-11-5-12-24-38)20-8-2-4-10-22-39-25-13-6-14-26-39/h15-18,27-28H,1-14,19-26H2. The zero-order valence-corrected chi connectivity index (χ0v) is 25.7. The molecule has 2 aromatic carbocycles. The lowest BCUT2D eigenvalue weighted by Gasteiger charge is -2.33. The lowest BCUT2D eigenvalue weighted by Crippen LogP contribution is -2.30. The maximum absolute atomic E-state index is 6.64. The van der Waals surface area contributed by atoms with Gasteiger partial charge in [0.05, 0.1) is 0 Å². The van der Waals surface area contributed by atoms with Gasteiger partial charge in [-0.3, -0.25) is 0 Å². The van der Waals surface area contributed by atoms with Crippen molar-refractivity contribution >= 4 is 23.2 Å². The zero-order chi connectivity index (χ0) is 26.9. The largest absolute Gasteiger partial charge is 0.303 e. The van der Waals surface area contributed by atoms with Crippen molar-refractivity contribution in [1.82, 2.24) is 9.80 Å². The molecule has 0 atom stereocenters. The molecule has 2 saturated heterocycles. The van der Waals surface area contributed by atoms with Gasteiger partial charge < -0.3 is 9.80 Å². The predicted octanol–water partition coefficient (Wildman–Crippen LogP) is 10.1. The Morgan fingerprint density at radius 2 is 0.923 bits per heavy atom. The van der Waals surface area contributed by atoms with E-state index in [1.165, 1.54) is 164 Å². The van der Waals surface area contributed by atoms with Crippen LogP contribution in [0.15, 0.2) is 36.4 Å². The first-order chi connectivity index (χ1) is 19.2. The summed E-state index contributed by atoms with van der Waals surface area (Å²) < 4.78 is 0. The van der Waals surface area contributed by atoms with Crippen LogP contribution in [0.4, 0.5) is 0 Å². The Hall–Kier alpha value is -1.06. The lowest BCUT2D eigenvalue weighted by atomic mass is 9.70. The van der Waals surface area contributed by atoms with E-state index in [1.54, 1.807) is 0 Å². The second kappa shape index (κ2) is 14.7. The normalized spacial score (nSPS) is 19.2. The van der Waals surface area contributed by atoms with Gasteiger partial charge in [0.25, 0.3) is 0 Å². The van der Waals surface area contributed by atoms with Gasteiger partial charge >= 0.3 is 0 Å². The van der Waals surface area contributed by atoms with Gasteiger partial charge in [0.1, 0.15) is 0 Å². The summed E-state index contributed by atoms with van der Waals surface area (Å²) >= 11 is 13.3. The Morgan fingerprint density at radius 1 is 0.513 bits per heavy atom. The Kier molecular flexibility index (Phi) is 11.1. The summed E-state index contributed by atoms with van der Waals surface area (Å²) in [6.07, 6.45) is 21.4. The van der Waals surface area contributed by atoms with Crippen molar-refractivity contribution in [2.24, 2.45) is 0 Å². The van der Waals surface area contributed by atoms with Crippen molar-refractivity contribution in [2.75, 3.05) is 39.3 Å². The third-order valence-corrected chi connectivity index (χ3v) is 10.3. The maximum Gasteiger partial charge on any atom is 0.0409 e. The molecule has 2 heterocycles. The number of benzene rings is 2. The summed E-state index contributed by atoms with van der Waals surface area (Å²) in [4.78, 5) is 5.37. The molecule has 5 rings (SSSR count). The quantitative estimate of drug-likeness (QED) is 0.209. The molecule has 2 aromatic rings. The highest BCUT2D eigenvalue weighted by molar-refractivity contribution is 6.31. The van der Waals surface area contributed by atoms with Crippen molar-refractivity contribution in [3.05, 3.63) is 57.6 Å². The monoisotopic (exact) mass is 568 g/mol. The summed E-state index contributed by atoms with van der Waals surface area (Å²) in [5.41, 5.74) is 5.70. The average molecular weight is 570 g/mol. The zero-order valence-electron chi connectivity index (χ0n) is 24.2. The molecule has 2 fully saturated rings. The molecule has 2 nitrogen and oxygen atoms in total. The molecule has 4 heteroatoms. The molecule has 0 saturated carbocycles. The number of rotatable bonds is 14. The molecule has 0 radical (unpaired) electrons. The summed E-state index contributed by atoms with van der Waals surface area (Å²) in [7, 11) is 0. The SMILES string of the molecule is Clc1ccc2c(c1)C(CCCCCCN1CCCCC1)(CCCCCCN1CCCCC1)c1cc(Cl)ccc1-2. The molecule has 0 aromatic heterocycles. The summed E-state index contributed by atoms with van der Waals surface area (Å²) in [6, 6.07) is 13.2. The van der Waals surface area contributed by atoms with Gasteiger partial charge in [0.2, 0.25) is 0 Å². The van der Waals surface area contributed by atoms with Crippen LogP contribution in [0.5, 0.6) is 0 Å². The maximum atomic E-state index is 6.64. The molecule has 0 N–H and O–H groups in total. The van der Waals surface area contributed by atoms with Crippen molar-refractivity contribution in [2.45, 2.75) is 108 Å². The number of hydrogen-bond acceptors (Lipinski definition) is 2. The number of fused-ring (bicyclic) bond motifs is 3. The average Bonchev–Trinajstić information content (AvgIpc) is 3.21. The molecular formula is C35H50Cl2N2. The first kappa shape index (κ1) is 29.4. The number of unbranched alkanes of at least 4 members (excludes halogenated alkanes) is 6. The summed E-state index contributed by atoms with van der Waals surface area (Å²) in [6.45, 7) is 7.85. The summed E-state index contributed by atoms with van der Waals surface area (Å²) in [5.74, 6) is 0. The predicted molar refractivity (Wildman–Crippen MR) is 169 cm³/mol. The van der Waals surface area contributed by atoms with Crippen LogP contribution < -0.4 is 0 Å². The van der Waals surface area contributed by atoms with Crippen LogP contribution in [-0.4, -0.2) is 49.1 Å². The van der Waals surface area contributed by atoms with Crippen LogP contribution in [0.2, 0.25) is 10.0 Å². The fourth-order valence-electron chi connectivity index (χ4n) is 7.70. The van der Waals surface area contributed by atoms with Crippen LogP contribution >= 0.6 is 23.2 Å². The first-order valence-corrected chi connectivity index (χ1v) is 17.0. The van der Waals surface area contributed by atoms with E-state index in [4.69, 9.17) is 23.2 Å². The minimum atomic E-state index is 0.0419. The topological polar surface area (TPSA) is 6.48 Å². The summed E-state index contributed by atoms with van der Waals surface area (Å²) in [5, 5.41) is 1.72. The molecule has 0 bridgehead atoms. The van der Waals surface area contributed by atoms with E-state index in [9.17, 15) is 0 Å². The van der Waals surface area contributed by atoms with E-state index in [1.807, 2.05) is 0 Å². The third-order valence-electron chi connectivity index (χ3n) is 9.84.